The van der Waals surface area contributed by atoms with Gasteiger partial charge in [-0.2, -0.15) is 0 Å². The molecule has 0 atom stereocenters. The summed E-state index contributed by atoms with van der Waals surface area (Å²) in [6, 6.07) is 0. The summed E-state index contributed by atoms with van der Waals surface area (Å²) >= 11 is 1.78. The molecule has 120 valence electrons. The van der Waals surface area contributed by atoms with E-state index in [0.717, 1.165) is 32.2 Å². The first kappa shape index (κ1) is 16.9. The molecule has 0 bridgehead atoms. The first-order chi connectivity index (χ1) is 10.2. The Morgan fingerprint density at radius 2 is 2.19 bits per heavy atom. The first-order valence-electron chi connectivity index (χ1n) is 8.02. The lowest BCUT2D eigenvalue weighted by Crippen LogP contribution is -2.34. The van der Waals surface area contributed by atoms with E-state index < -0.39 is 0 Å². The summed E-state index contributed by atoms with van der Waals surface area (Å²) < 4.78 is 5.26. The molecule has 0 amide bonds. The average molecular weight is 311 g/mol. The van der Waals surface area contributed by atoms with Gasteiger partial charge in [0, 0.05) is 32.2 Å². The van der Waals surface area contributed by atoms with Crippen molar-refractivity contribution in [2.45, 2.75) is 39.8 Å². The SMILES string of the molecule is COCC1CCN(Cc2csc(CNCC(C)C)n2)CC1. The Bertz CT molecular complexity index is 400. The Hall–Kier alpha value is -0.490. The quantitative estimate of drug-likeness (QED) is 0.801. The number of thiazole rings is 1. The number of ether oxygens (including phenoxy) is 1. The van der Waals surface area contributed by atoms with E-state index >= 15 is 0 Å². The van der Waals surface area contributed by atoms with Crippen LogP contribution in [0.2, 0.25) is 0 Å². The molecule has 0 aromatic carbocycles. The van der Waals surface area contributed by atoms with Crippen LogP contribution in [-0.4, -0.2) is 43.2 Å². The summed E-state index contributed by atoms with van der Waals surface area (Å²) in [7, 11) is 1.80. The van der Waals surface area contributed by atoms with Gasteiger partial charge < -0.3 is 10.1 Å². The van der Waals surface area contributed by atoms with Gasteiger partial charge in [0.05, 0.1) is 5.69 Å². The van der Waals surface area contributed by atoms with Crippen LogP contribution in [0.3, 0.4) is 0 Å². The van der Waals surface area contributed by atoms with Crippen LogP contribution in [0.25, 0.3) is 0 Å². The highest BCUT2D eigenvalue weighted by Crippen LogP contribution is 2.20. The van der Waals surface area contributed by atoms with E-state index in [2.05, 4.69) is 29.4 Å². The smallest absolute Gasteiger partial charge is 0.107 e. The van der Waals surface area contributed by atoms with Gasteiger partial charge in [-0.3, -0.25) is 4.90 Å². The van der Waals surface area contributed by atoms with Crippen molar-refractivity contribution in [1.82, 2.24) is 15.2 Å². The first-order valence-corrected chi connectivity index (χ1v) is 8.90. The van der Waals surface area contributed by atoms with E-state index in [4.69, 9.17) is 9.72 Å². The van der Waals surface area contributed by atoms with E-state index in [9.17, 15) is 0 Å². The lowest BCUT2D eigenvalue weighted by molar-refractivity contribution is 0.0964. The number of hydrogen-bond acceptors (Lipinski definition) is 5. The van der Waals surface area contributed by atoms with Crippen LogP contribution < -0.4 is 5.32 Å². The van der Waals surface area contributed by atoms with Crippen molar-refractivity contribution in [3.63, 3.8) is 0 Å². The molecule has 1 aromatic rings. The molecule has 0 saturated carbocycles. The van der Waals surface area contributed by atoms with E-state index in [1.807, 2.05) is 0 Å². The highest BCUT2D eigenvalue weighted by atomic mass is 32.1. The molecule has 1 saturated heterocycles. The number of nitrogens with zero attached hydrogens (tertiary/aromatic N) is 2. The molecular formula is C16H29N3OS. The summed E-state index contributed by atoms with van der Waals surface area (Å²) in [5.74, 6) is 1.44. The number of rotatable bonds is 8. The van der Waals surface area contributed by atoms with E-state index in [1.165, 1.54) is 36.6 Å². The zero-order valence-corrected chi connectivity index (χ0v) is 14.4. The average Bonchev–Trinajstić information content (AvgIpc) is 2.88. The van der Waals surface area contributed by atoms with Crippen molar-refractivity contribution < 1.29 is 4.74 Å². The Morgan fingerprint density at radius 3 is 2.86 bits per heavy atom. The van der Waals surface area contributed by atoms with Gasteiger partial charge in [-0.05, 0) is 44.3 Å². The lowest BCUT2D eigenvalue weighted by atomic mass is 9.98. The van der Waals surface area contributed by atoms with Gasteiger partial charge in [-0.25, -0.2) is 4.98 Å². The summed E-state index contributed by atoms with van der Waals surface area (Å²) in [6.07, 6.45) is 2.50. The molecule has 2 rings (SSSR count). The molecule has 1 aliphatic heterocycles. The van der Waals surface area contributed by atoms with E-state index in [0.29, 0.717) is 5.92 Å². The van der Waals surface area contributed by atoms with Crippen molar-refractivity contribution in [2.24, 2.45) is 11.8 Å². The van der Waals surface area contributed by atoms with Gasteiger partial charge >= 0.3 is 0 Å². The second-order valence-electron chi connectivity index (χ2n) is 6.43. The number of nitrogens with one attached hydrogen (secondary N) is 1. The van der Waals surface area contributed by atoms with Gasteiger partial charge in [0.25, 0.3) is 0 Å². The van der Waals surface area contributed by atoms with E-state index in [1.54, 1.807) is 18.4 Å². The van der Waals surface area contributed by atoms with Gasteiger partial charge in [0.1, 0.15) is 5.01 Å². The lowest BCUT2D eigenvalue weighted by Gasteiger charge is -2.31. The van der Waals surface area contributed by atoms with Gasteiger partial charge in [0.15, 0.2) is 0 Å². The van der Waals surface area contributed by atoms with Crippen LogP contribution >= 0.6 is 11.3 Å². The van der Waals surface area contributed by atoms with Crippen LogP contribution in [-0.2, 0) is 17.8 Å². The molecule has 5 heteroatoms. The van der Waals surface area contributed by atoms with Crippen LogP contribution in [0.1, 0.15) is 37.4 Å². The van der Waals surface area contributed by atoms with Gasteiger partial charge in [-0.1, -0.05) is 13.8 Å². The maximum absolute atomic E-state index is 5.26. The normalized spacial score (nSPS) is 17.7. The number of hydrogen-bond donors (Lipinski definition) is 1. The highest BCUT2D eigenvalue weighted by molar-refractivity contribution is 7.09. The minimum atomic E-state index is 0.692. The topological polar surface area (TPSA) is 37.4 Å². The highest BCUT2D eigenvalue weighted by Gasteiger charge is 2.19. The van der Waals surface area contributed by atoms with Crippen molar-refractivity contribution in [3.05, 3.63) is 16.1 Å². The van der Waals surface area contributed by atoms with Crippen molar-refractivity contribution in [2.75, 3.05) is 33.4 Å². The third-order valence-corrected chi connectivity index (χ3v) is 4.82. The van der Waals surface area contributed by atoms with Gasteiger partial charge in [-0.15, -0.1) is 11.3 Å². The van der Waals surface area contributed by atoms with Crippen LogP contribution in [0.4, 0.5) is 0 Å². The molecule has 1 fully saturated rings. The molecule has 0 radical (unpaired) electrons. The zero-order chi connectivity index (χ0) is 15.1. The number of likely N-dealkylation sites (tertiary alicyclic amines) is 1. The Balaban J connectivity index is 1.70. The Labute approximate surface area is 132 Å². The van der Waals surface area contributed by atoms with Crippen LogP contribution in [0.15, 0.2) is 5.38 Å². The summed E-state index contributed by atoms with van der Waals surface area (Å²) in [6.45, 7) is 10.7. The predicted octanol–water partition coefficient (Wildman–Crippen LogP) is 2.75. The number of methoxy groups -OCH3 is 1. The molecule has 1 aliphatic rings. The molecule has 0 unspecified atom stereocenters. The maximum Gasteiger partial charge on any atom is 0.107 e. The number of piperidine rings is 1. The molecule has 0 spiro atoms. The third kappa shape index (κ3) is 6.02. The fourth-order valence-electron chi connectivity index (χ4n) is 2.75. The van der Waals surface area contributed by atoms with Crippen molar-refractivity contribution in [1.29, 1.82) is 0 Å². The molecule has 2 heterocycles. The monoisotopic (exact) mass is 311 g/mol. The molecule has 0 aliphatic carbocycles. The summed E-state index contributed by atoms with van der Waals surface area (Å²) in [5.41, 5.74) is 1.23. The summed E-state index contributed by atoms with van der Waals surface area (Å²) in [4.78, 5) is 7.27. The van der Waals surface area contributed by atoms with Gasteiger partial charge in [0.2, 0.25) is 0 Å². The Kier molecular flexibility index (Phi) is 7.10. The number of aromatic nitrogens is 1. The van der Waals surface area contributed by atoms with Crippen molar-refractivity contribution in [3.8, 4) is 0 Å². The second-order valence-corrected chi connectivity index (χ2v) is 7.37. The zero-order valence-electron chi connectivity index (χ0n) is 13.6. The molecule has 4 nitrogen and oxygen atoms in total. The molecule has 21 heavy (non-hydrogen) atoms. The van der Waals surface area contributed by atoms with Crippen LogP contribution in [0, 0.1) is 11.8 Å². The molecular weight excluding hydrogens is 282 g/mol. The fraction of sp³-hybridized carbons (Fsp3) is 0.812. The fourth-order valence-corrected chi connectivity index (χ4v) is 3.50. The third-order valence-electron chi connectivity index (χ3n) is 3.92. The largest absolute Gasteiger partial charge is 0.384 e. The minimum Gasteiger partial charge on any atom is -0.384 e. The predicted molar refractivity (Wildman–Crippen MR) is 88.5 cm³/mol. The van der Waals surface area contributed by atoms with Crippen molar-refractivity contribution >= 4 is 11.3 Å². The maximum atomic E-state index is 5.26. The minimum absolute atomic E-state index is 0.692. The molecule has 1 N–H and O–H groups in total. The van der Waals surface area contributed by atoms with E-state index in [-0.39, 0.29) is 0 Å². The standard InChI is InChI=1S/C16H29N3OS/c1-13(2)8-17-9-16-18-15(12-21-16)10-19-6-4-14(5-7-19)11-20-3/h12-14,17H,4-11H2,1-3H3. The second kappa shape index (κ2) is 8.83. The van der Waals surface area contributed by atoms with Crippen LogP contribution in [0.5, 0.6) is 0 Å². The summed E-state index contributed by atoms with van der Waals surface area (Å²) in [5, 5.41) is 6.88. The molecule has 1 aromatic heterocycles. The Morgan fingerprint density at radius 1 is 1.43 bits per heavy atom.